The van der Waals surface area contributed by atoms with E-state index in [2.05, 4.69) is 19.2 Å². The van der Waals surface area contributed by atoms with Crippen molar-refractivity contribution in [3.8, 4) is 0 Å². The summed E-state index contributed by atoms with van der Waals surface area (Å²) in [7, 11) is 0. The summed E-state index contributed by atoms with van der Waals surface area (Å²) in [5, 5.41) is 15.1. The Labute approximate surface area is 130 Å². The van der Waals surface area contributed by atoms with E-state index in [-0.39, 0.29) is 17.2 Å². The average molecular weight is 308 g/mol. The molecule has 1 saturated carbocycles. The fourth-order valence-corrected chi connectivity index (χ4v) is 3.68. The first kappa shape index (κ1) is 16.1. The van der Waals surface area contributed by atoms with Crippen LogP contribution in [0.4, 0.5) is 0 Å². The number of nitrogens with one attached hydrogen (secondary N) is 1. The molecule has 1 fully saturated rings. The molecule has 21 heavy (non-hydrogen) atoms. The minimum absolute atomic E-state index is 0.0230. The van der Waals surface area contributed by atoms with Gasteiger partial charge >= 0.3 is 0 Å². The summed E-state index contributed by atoms with van der Waals surface area (Å²) in [4.78, 5) is 12.3. The molecule has 4 nitrogen and oxygen atoms in total. The Morgan fingerprint density at radius 1 is 1.43 bits per heavy atom. The van der Waals surface area contributed by atoms with E-state index in [0.29, 0.717) is 16.9 Å². The van der Waals surface area contributed by atoms with E-state index < -0.39 is 0 Å². The van der Waals surface area contributed by atoms with Crippen LogP contribution in [0.1, 0.15) is 40.0 Å². The number of carbonyl (C=O) groups is 1. The number of aromatic nitrogens is 1. The smallest absolute Gasteiger partial charge is 0.252 e. The van der Waals surface area contributed by atoms with E-state index in [1.54, 1.807) is 12.1 Å². The molecular formula is C16H24N2O2S. The van der Waals surface area contributed by atoms with Crippen molar-refractivity contribution in [2.24, 2.45) is 11.8 Å². The maximum atomic E-state index is 12.3. The Balaban J connectivity index is 1.92. The Hall–Kier alpha value is -1.23. The molecule has 1 amide bonds. The third-order valence-corrected chi connectivity index (χ3v) is 5.61. The molecule has 1 heterocycles. The van der Waals surface area contributed by atoms with Crippen LogP contribution in [0.5, 0.6) is 0 Å². The zero-order valence-electron chi connectivity index (χ0n) is 12.9. The van der Waals surface area contributed by atoms with E-state index in [0.717, 1.165) is 11.2 Å². The highest BCUT2D eigenvalue weighted by molar-refractivity contribution is 8.00. The van der Waals surface area contributed by atoms with E-state index in [1.165, 1.54) is 30.8 Å². The first-order chi connectivity index (χ1) is 9.99. The molecule has 0 spiro atoms. The van der Waals surface area contributed by atoms with Crippen LogP contribution < -0.4 is 10.0 Å². The summed E-state index contributed by atoms with van der Waals surface area (Å²) in [6, 6.07) is 5.51. The van der Waals surface area contributed by atoms with Crippen molar-refractivity contribution in [2.45, 2.75) is 56.4 Å². The van der Waals surface area contributed by atoms with Gasteiger partial charge in [-0.05, 0) is 43.0 Å². The highest BCUT2D eigenvalue weighted by atomic mass is 32.2. The van der Waals surface area contributed by atoms with E-state index in [9.17, 15) is 10.0 Å². The minimum atomic E-state index is -0.267. The highest BCUT2D eigenvalue weighted by Crippen LogP contribution is 2.30. The molecule has 1 aliphatic rings. The van der Waals surface area contributed by atoms with E-state index >= 15 is 0 Å². The lowest BCUT2D eigenvalue weighted by molar-refractivity contribution is -0.645. The molecule has 5 heteroatoms. The maximum absolute atomic E-state index is 12.3. The molecule has 4 atom stereocenters. The Kier molecular flexibility index (Phi) is 5.51. The van der Waals surface area contributed by atoms with Gasteiger partial charge < -0.3 is 10.5 Å². The van der Waals surface area contributed by atoms with Crippen LogP contribution in [0, 0.1) is 17.0 Å². The number of amides is 1. The monoisotopic (exact) mass is 308 g/mol. The molecule has 1 aromatic rings. The van der Waals surface area contributed by atoms with Crippen molar-refractivity contribution < 1.29 is 9.52 Å². The second-order valence-electron chi connectivity index (χ2n) is 6.01. The van der Waals surface area contributed by atoms with Gasteiger partial charge in [-0.25, -0.2) is 0 Å². The second-order valence-corrected chi connectivity index (χ2v) is 7.37. The lowest BCUT2D eigenvalue weighted by Gasteiger charge is -2.35. The van der Waals surface area contributed by atoms with Gasteiger partial charge in [0.25, 0.3) is 5.03 Å². The zero-order chi connectivity index (χ0) is 15.4. The summed E-state index contributed by atoms with van der Waals surface area (Å²) in [5.74, 6) is 1.20. The van der Waals surface area contributed by atoms with Crippen molar-refractivity contribution in [1.82, 2.24) is 5.32 Å². The number of thioether (sulfide) groups is 1. The molecule has 0 unspecified atom stereocenters. The summed E-state index contributed by atoms with van der Waals surface area (Å²) in [6.45, 7) is 6.32. The Morgan fingerprint density at radius 2 is 2.19 bits per heavy atom. The second kappa shape index (κ2) is 7.16. The fraction of sp³-hybridized carbons (Fsp3) is 0.625. The Bertz CT molecular complexity index is 495. The van der Waals surface area contributed by atoms with Gasteiger partial charge in [-0.2, -0.15) is 4.73 Å². The summed E-state index contributed by atoms with van der Waals surface area (Å²) < 4.78 is 0.805. The number of pyridine rings is 1. The van der Waals surface area contributed by atoms with Gasteiger partial charge in [-0.1, -0.05) is 26.7 Å². The van der Waals surface area contributed by atoms with Gasteiger partial charge in [0.05, 0.1) is 5.25 Å². The molecule has 1 aromatic heterocycles. The fourth-order valence-electron chi connectivity index (χ4n) is 2.82. The summed E-state index contributed by atoms with van der Waals surface area (Å²) >= 11 is 1.31. The van der Waals surface area contributed by atoms with Gasteiger partial charge in [0.2, 0.25) is 5.91 Å². The molecule has 0 aliphatic heterocycles. The van der Waals surface area contributed by atoms with Gasteiger partial charge in [0.15, 0.2) is 6.20 Å². The van der Waals surface area contributed by atoms with E-state index in [1.807, 2.05) is 13.0 Å². The van der Waals surface area contributed by atoms with Gasteiger partial charge in [0, 0.05) is 18.2 Å². The minimum Gasteiger partial charge on any atom is -0.618 e. The summed E-state index contributed by atoms with van der Waals surface area (Å²) in [5.41, 5.74) is 0. The largest absolute Gasteiger partial charge is 0.618 e. The van der Waals surface area contributed by atoms with Gasteiger partial charge in [-0.15, -0.1) is 0 Å². The first-order valence-electron chi connectivity index (χ1n) is 7.64. The van der Waals surface area contributed by atoms with Crippen LogP contribution in [0.25, 0.3) is 0 Å². The van der Waals surface area contributed by atoms with Crippen LogP contribution in [-0.4, -0.2) is 17.2 Å². The lowest BCUT2D eigenvalue weighted by atomic mass is 9.78. The van der Waals surface area contributed by atoms with E-state index in [4.69, 9.17) is 0 Å². The molecule has 0 saturated heterocycles. The molecule has 0 radical (unpaired) electrons. The first-order valence-corrected chi connectivity index (χ1v) is 8.52. The standard InChI is InChI=1S/C16H24N2O2S/c1-11-7-6-8-14(12(11)2)17-16(19)13(3)21-15-9-4-5-10-18(15)20/h4-5,9-14H,6-8H2,1-3H3,(H,17,19)/t11-,12+,13+,14-/m0/s1. The number of rotatable bonds is 4. The normalized spacial score (nSPS) is 27.1. The topological polar surface area (TPSA) is 56.0 Å². The van der Waals surface area contributed by atoms with Crippen molar-refractivity contribution in [3.05, 3.63) is 29.6 Å². The number of carbonyl (C=O) groups excluding carboxylic acids is 1. The third kappa shape index (κ3) is 4.13. The van der Waals surface area contributed by atoms with Crippen LogP contribution in [-0.2, 0) is 4.79 Å². The van der Waals surface area contributed by atoms with Gasteiger partial charge in [-0.3, -0.25) is 4.79 Å². The molecule has 116 valence electrons. The highest BCUT2D eigenvalue weighted by Gasteiger charge is 2.29. The summed E-state index contributed by atoms with van der Waals surface area (Å²) in [6.07, 6.45) is 4.94. The maximum Gasteiger partial charge on any atom is 0.252 e. The molecular weight excluding hydrogens is 284 g/mol. The quantitative estimate of drug-likeness (QED) is 0.528. The molecule has 0 bridgehead atoms. The van der Waals surface area contributed by atoms with Crippen LogP contribution in [0.2, 0.25) is 0 Å². The number of nitrogens with zero attached hydrogens (tertiary/aromatic N) is 1. The van der Waals surface area contributed by atoms with Crippen molar-refractivity contribution in [3.63, 3.8) is 0 Å². The van der Waals surface area contributed by atoms with Gasteiger partial charge in [0.1, 0.15) is 0 Å². The van der Waals surface area contributed by atoms with Crippen LogP contribution >= 0.6 is 11.8 Å². The van der Waals surface area contributed by atoms with Crippen molar-refractivity contribution >= 4 is 17.7 Å². The lowest BCUT2D eigenvalue weighted by Crippen LogP contribution is -2.46. The predicted octanol–water partition coefficient (Wildman–Crippen LogP) is 2.74. The van der Waals surface area contributed by atoms with Crippen molar-refractivity contribution in [2.75, 3.05) is 0 Å². The zero-order valence-corrected chi connectivity index (χ0v) is 13.7. The molecule has 1 N–H and O–H groups in total. The van der Waals surface area contributed by atoms with Crippen molar-refractivity contribution in [1.29, 1.82) is 0 Å². The SMILES string of the molecule is C[C@H]1[C@@H](NC(=O)[C@@H](C)Sc2cccc[n+]2[O-])CCC[C@@H]1C. The van der Waals surface area contributed by atoms with Crippen LogP contribution in [0.3, 0.4) is 0 Å². The Morgan fingerprint density at radius 3 is 2.90 bits per heavy atom. The average Bonchev–Trinajstić information content (AvgIpc) is 2.46. The number of hydrogen-bond donors (Lipinski definition) is 1. The molecule has 0 aromatic carbocycles. The molecule has 2 rings (SSSR count). The number of hydrogen-bond acceptors (Lipinski definition) is 3. The third-order valence-electron chi connectivity index (χ3n) is 4.49. The van der Waals surface area contributed by atoms with Crippen LogP contribution in [0.15, 0.2) is 29.4 Å². The molecule has 1 aliphatic carbocycles. The predicted molar refractivity (Wildman–Crippen MR) is 84.8 cm³/mol.